The molecule has 3 aromatic carbocycles. The number of anilines is 1. The van der Waals surface area contributed by atoms with Gasteiger partial charge in [0.25, 0.3) is 5.78 Å². The molecule has 1 unspecified atom stereocenters. The summed E-state index contributed by atoms with van der Waals surface area (Å²) in [5.41, 5.74) is 3.98. The van der Waals surface area contributed by atoms with E-state index in [1.807, 2.05) is 68.6 Å². The van der Waals surface area contributed by atoms with Gasteiger partial charge in [-0.15, -0.1) is 10.2 Å². The minimum Gasteiger partial charge on any atom is -0.505 e. The van der Waals surface area contributed by atoms with Crippen LogP contribution >= 0.6 is 23.1 Å². The van der Waals surface area contributed by atoms with E-state index in [2.05, 4.69) is 34.5 Å². The van der Waals surface area contributed by atoms with Crippen molar-refractivity contribution in [3.8, 4) is 11.5 Å². The highest BCUT2D eigenvalue weighted by Crippen LogP contribution is 2.46. The Labute approximate surface area is 291 Å². The molecule has 6 aromatic rings. The zero-order chi connectivity index (χ0) is 34.2. The van der Waals surface area contributed by atoms with Crippen molar-refractivity contribution in [2.24, 2.45) is 0 Å². The maximum Gasteiger partial charge on any atom is 0.301 e. The second-order valence-electron chi connectivity index (χ2n) is 11.4. The summed E-state index contributed by atoms with van der Waals surface area (Å²) in [7, 11) is 0. The summed E-state index contributed by atoms with van der Waals surface area (Å²) in [6.07, 6.45) is 1.84. The third-order valence-corrected chi connectivity index (χ3v) is 10.6. The number of carbonyl (C=O) groups is 2. The molecule has 49 heavy (non-hydrogen) atoms. The number of amides is 1. The molecule has 12 heteroatoms. The molecular weight excluding hydrogens is 659 g/mol. The number of fused-ring (bicyclic) bond motifs is 2. The zero-order valence-electron chi connectivity index (χ0n) is 27.3. The average Bonchev–Trinajstić information content (AvgIpc) is 3.79. The second-order valence-corrected chi connectivity index (χ2v) is 13.6. The number of Topliss-reactive ketones (excluding diaryl/α,β-unsaturated/α-hetero) is 1. The summed E-state index contributed by atoms with van der Waals surface area (Å²) in [6, 6.07) is 22.4. The number of pyridine rings is 1. The van der Waals surface area contributed by atoms with E-state index in [1.54, 1.807) is 18.2 Å². The number of ketones is 1. The van der Waals surface area contributed by atoms with Gasteiger partial charge in [-0.2, -0.15) is 0 Å². The summed E-state index contributed by atoms with van der Waals surface area (Å²) in [4.78, 5) is 33.9. The number of ether oxygens (including phenoxy) is 2. The van der Waals surface area contributed by atoms with Gasteiger partial charge in [0.1, 0.15) is 11.3 Å². The van der Waals surface area contributed by atoms with Crippen LogP contribution in [0.25, 0.3) is 22.2 Å². The Kier molecular flexibility index (Phi) is 8.82. The Bertz CT molecular complexity index is 2270. The molecule has 7 rings (SSSR count). The molecule has 0 spiro atoms. The molecule has 0 saturated carbocycles. The van der Waals surface area contributed by atoms with E-state index >= 15 is 0 Å². The highest BCUT2D eigenvalue weighted by molar-refractivity contribution is 8.00. The lowest BCUT2D eigenvalue weighted by molar-refractivity contribution is -0.132. The molecule has 1 amide bonds. The van der Waals surface area contributed by atoms with Gasteiger partial charge in [0.15, 0.2) is 21.6 Å². The van der Waals surface area contributed by atoms with E-state index in [9.17, 15) is 14.7 Å². The Morgan fingerprint density at radius 2 is 1.71 bits per heavy atom. The first-order chi connectivity index (χ1) is 23.8. The number of thioether (sulfide) groups is 1. The van der Waals surface area contributed by atoms with E-state index in [-0.39, 0.29) is 22.2 Å². The van der Waals surface area contributed by atoms with Gasteiger partial charge in [-0.05, 0) is 73.4 Å². The minimum absolute atomic E-state index is 0.0964. The Hall–Kier alpha value is -5.20. The van der Waals surface area contributed by atoms with E-state index in [0.29, 0.717) is 51.7 Å². The average molecular weight is 692 g/mol. The molecule has 0 radical (unpaired) electrons. The number of aliphatic hydroxyl groups is 1. The van der Waals surface area contributed by atoms with Gasteiger partial charge < -0.3 is 19.0 Å². The number of nitrogens with zero attached hydrogens (tertiary/aromatic N) is 5. The van der Waals surface area contributed by atoms with Crippen LogP contribution in [0, 0.1) is 13.8 Å². The summed E-state index contributed by atoms with van der Waals surface area (Å²) in [6.45, 7) is 8.27. The molecule has 1 N–H and O–H groups in total. The Morgan fingerprint density at radius 1 is 0.939 bits per heavy atom. The lowest BCUT2D eigenvalue weighted by atomic mass is 9.96. The monoisotopic (exact) mass is 691 g/mol. The van der Waals surface area contributed by atoms with Crippen molar-refractivity contribution in [2.75, 3.05) is 18.1 Å². The van der Waals surface area contributed by atoms with Crippen molar-refractivity contribution in [3.63, 3.8) is 0 Å². The van der Waals surface area contributed by atoms with Crippen LogP contribution in [0.2, 0.25) is 0 Å². The molecule has 1 fully saturated rings. The zero-order valence-corrected chi connectivity index (χ0v) is 29.0. The van der Waals surface area contributed by atoms with Crippen molar-refractivity contribution in [1.29, 1.82) is 0 Å². The number of aryl methyl sites for hydroxylation is 2. The van der Waals surface area contributed by atoms with Gasteiger partial charge in [0, 0.05) is 11.9 Å². The van der Waals surface area contributed by atoms with Crippen LogP contribution in [0.1, 0.15) is 48.0 Å². The van der Waals surface area contributed by atoms with E-state index in [4.69, 9.17) is 14.5 Å². The van der Waals surface area contributed by atoms with Gasteiger partial charge in [0.05, 0.1) is 30.5 Å². The van der Waals surface area contributed by atoms with E-state index in [0.717, 1.165) is 21.9 Å². The lowest BCUT2D eigenvalue weighted by Gasteiger charge is -2.23. The molecule has 1 atom stereocenters. The quantitative estimate of drug-likeness (QED) is 0.0507. The predicted molar refractivity (Wildman–Crippen MR) is 192 cm³/mol. The summed E-state index contributed by atoms with van der Waals surface area (Å²) < 4.78 is 14.2. The molecule has 1 saturated heterocycles. The van der Waals surface area contributed by atoms with Crippen LogP contribution in [-0.2, 0) is 15.3 Å². The number of imidazole rings is 1. The molecule has 1 aliphatic heterocycles. The van der Waals surface area contributed by atoms with Crippen molar-refractivity contribution >= 4 is 62.1 Å². The molecule has 1 aliphatic rings. The third-order valence-electron chi connectivity index (χ3n) is 8.47. The van der Waals surface area contributed by atoms with Crippen molar-refractivity contribution in [2.45, 2.75) is 43.8 Å². The first-order valence-corrected chi connectivity index (χ1v) is 17.7. The largest absolute Gasteiger partial charge is 0.505 e. The van der Waals surface area contributed by atoms with Crippen LogP contribution in [0.15, 0.2) is 88.9 Å². The van der Waals surface area contributed by atoms with Gasteiger partial charge >= 0.3 is 5.91 Å². The van der Waals surface area contributed by atoms with Crippen molar-refractivity contribution in [3.05, 3.63) is 113 Å². The molecule has 0 aliphatic carbocycles. The molecule has 248 valence electrons. The van der Waals surface area contributed by atoms with Gasteiger partial charge in [-0.1, -0.05) is 77.7 Å². The van der Waals surface area contributed by atoms with E-state index < -0.39 is 17.7 Å². The Balaban J connectivity index is 1.32. The van der Waals surface area contributed by atoms with Crippen LogP contribution < -0.4 is 14.4 Å². The van der Waals surface area contributed by atoms with Crippen LogP contribution in [0.5, 0.6) is 11.5 Å². The fraction of sp³-hybridized carbons (Fsp3) is 0.216. The Morgan fingerprint density at radius 3 is 2.51 bits per heavy atom. The number of hydrogen-bond acceptors (Lipinski definition) is 10. The van der Waals surface area contributed by atoms with Gasteiger partial charge in [-0.3, -0.25) is 14.5 Å². The fourth-order valence-corrected chi connectivity index (χ4v) is 8.04. The molecular formula is C37H33N5O5S2. The number of benzene rings is 3. The number of aliphatic hydroxyl groups excluding tert-OH is 1. The summed E-state index contributed by atoms with van der Waals surface area (Å²) in [5, 5.41) is 23.2. The maximum absolute atomic E-state index is 14.0. The number of rotatable bonds is 10. The van der Waals surface area contributed by atoms with Crippen LogP contribution in [0.3, 0.4) is 0 Å². The number of hydrogen-bond donors (Lipinski definition) is 1. The van der Waals surface area contributed by atoms with Crippen molar-refractivity contribution in [1.82, 2.24) is 19.6 Å². The first-order valence-electron chi connectivity index (χ1n) is 15.9. The van der Waals surface area contributed by atoms with Crippen LogP contribution in [-0.4, -0.2) is 49.6 Å². The summed E-state index contributed by atoms with van der Waals surface area (Å²) >= 11 is 2.72. The first kappa shape index (κ1) is 32.4. The smallest absolute Gasteiger partial charge is 0.301 e. The fourth-order valence-electron chi connectivity index (χ4n) is 6.17. The van der Waals surface area contributed by atoms with Gasteiger partial charge in [0.2, 0.25) is 5.13 Å². The SMILES string of the molecule is CCOc1ccc(C2/C(=C(\O)c3nc4c(C)cccn4c3C)C(=O)C(=O)N2c2nnc(SCc3cccc4ccccc34)s2)cc1OCC. The number of aromatic nitrogens is 4. The predicted octanol–water partition coefficient (Wildman–Crippen LogP) is 7.67. The molecule has 3 aromatic heterocycles. The normalized spacial score (nSPS) is 15.8. The maximum atomic E-state index is 14.0. The highest BCUT2D eigenvalue weighted by Gasteiger charge is 2.49. The molecule has 0 bridgehead atoms. The van der Waals surface area contributed by atoms with E-state index in [1.165, 1.54) is 28.0 Å². The minimum atomic E-state index is -1.04. The molecule has 4 heterocycles. The van der Waals surface area contributed by atoms with Crippen molar-refractivity contribution < 1.29 is 24.2 Å². The lowest BCUT2D eigenvalue weighted by Crippen LogP contribution is -2.29. The topological polar surface area (TPSA) is 119 Å². The number of carbonyl (C=O) groups excluding carboxylic acids is 2. The highest BCUT2D eigenvalue weighted by atomic mass is 32.2. The molecule has 10 nitrogen and oxygen atoms in total. The summed E-state index contributed by atoms with van der Waals surface area (Å²) in [5.74, 6) is -0.411. The standard InChI is InChI=1S/C37H33N5O5S2/c1-5-46-27-17-16-24(19-28(27)47-6-2)31-29(32(43)30-22(4)41-18-10-11-21(3)34(41)38-30)33(44)35(45)42(31)36-39-40-37(49-36)48-20-25-14-9-13-23-12-7-8-15-26(23)25/h7-19,31,43H,5-6,20H2,1-4H3/b32-29+. The third kappa shape index (κ3) is 5.80. The second kappa shape index (κ2) is 13.4. The van der Waals surface area contributed by atoms with Crippen LogP contribution in [0.4, 0.5) is 5.13 Å². The van der Waals surface area contributed by atoms with Gasteiger partial charge in [-0.25, -0.2) is 4.98 Å².